The van der Waals surface area contributed by atoms with E-state index in [9.17, 15) is 0 Å². The fraction of sp³-hybridized carbons (Fsp3) is 0.478. The first-order valence-electron chi connectivity index (χ1n) is 10.5. The molecule has 6 heteroatoms. The Morgan fingerprint density at radius 3 is 2.55 bits per heavy atom. The van der Waals surface area contributed by atoms with E-state index in [1.807, 2.05) is 0 Å². The minimum Gasteiger partial charge on any atom is -0.369 e. The molecule has 2 aliphatic rings. The number of benzene rings is 1. The van der Waals surface area contributed by atoms with Crippen molar-refractivity contribution < 1.29 is 4.74 Å². The fourth-order valence-electron chi connectivity index (χ4n) is 4.85. The molecule has 150 valence electrons. The number of fused-ring (bicyclic) bond motifs is 1. The molecular weight excluding hydrogens is 362 g/mol. The van der Waals surface area contributed by atoms with Crippen LogP contribution in [0.15, 0.2) is 30.3 Å². The summed E-state index contributed by atoms with van der Waals surface area (Å²) in [7, 11) is 0. The van der Waals surface area contributed by atoms with Crippen LogP contribution in [0.5, 0.6) is 0 Å². The SMILES string of the molecule is CC1(C)CCc2nc([C@]3(C)CCCO3)c(-c3nn[nH]n3)c(-c3ccccc3)c2C1. The molecule has 1 aliphatic heterocycles. The third-order valence-corrected chi connectivity index (χ3v) is 6.43. The van der Waals surface area contributed by atoms with Gasteiger partial charge in [-0.05, 0) is 66.3 Å². The summed E-state index contributed by atoms with van der Waals surface area (Å²) in [5.41, 5.74) is 6.60. The monoisotopic (exact) mass is 389 g/mol. The van der Waals surface area contributed by atoms with Crippen LogP contribution in [-0.2, 0) is 23.2 Å². The number of nitrogens with one attached hydrogen (secondary N) is 1. The van der Waals surface area contributed by atoms with Crippen molar-refractivity contribution in [3.8, 4) is 22.5 Å². The van der Waals surface area contributed by atoms with Crippen molar-refractivity contribution in [1.29, 1.82) is 0 Å². The predicted molar refractivity (Wildman–Crippen MR) is 111 cm³/mol. The number of ether oxygens (including phenoxy) is 1. The quantitative estimate of drug-likeness (QED) is 0.715. The minimum absolute atomic E-state index is 0.238. The van der Waals surface area contributed by atoms with Crippen molar-refractivity contribution in [3.05, 3.63) is 47.3 Å². The first-order valence-corrected chi connectivity index (χ1v) is 10.5. The molecule has 29 heavy (non-hydrogen) atoms. The molecule has 1 fully saturated rings. The van der Waals surface area contributed by atoms with Gasteiger partial charge in [-0.25, -0.2) is 0 Å². The van der Waals surface area contributed by atoms with Crippen molar-refractivity contribution in [2.45, 2.75) is 58.5 Å². The molecule has 1 N–H and O–H groups in total. The molecule has 3 heterocycles. The molecule has 0 spiro atoms. The lowest BCUT2D eigenvalue weighted by Gasteiger charge is -2.35. The highest BCUT2D eigenvalue weighted by atomic mass is 16.5. The van der Waals surface area contributed by atoms with Crippen molar-refractivity contribution in [2.24, 2.45) is 5.41 Å². The molecule has 6 nitrogen and oxygen atoms in total. The van der Waals surface area contributed by atoms with Crippen LogP contribution in [0.3, 0.4) is 0 Å². The van der Waals surface area contributed by atoms with E-state index in [0.29, 0.717) is 5.82 Å². The van der Waals surface area contributed by atoms with Crippen LogP contribution < -0.4 is 0 Å². The molecule has 0 amide bonds. The highest BCUT2D eigenvalue weighted by Crippen LogP contribution is 2.48. The first kappa shape index (κ1) is 18.4. The summed E-state index contributed by atoms with van der Waals surface area (Å²) in [5.74, 6) is 0.592. The normalized spacial score (nSPS) is 23.1. The number of aromatic amines is 1. The molecule has 1 aliphatic carbocycles. The van der Waals surface area contributed by atoms with Crippen LogP contribution >= 0.6 is 0 Å². The first-order chi connectivity index (χ1) is 14.0. The van der Waals surface area contributed by atoms with Crippen LogP contribution in [0.25, 0.3) is 22.5 Å². The fourth-order valence-corrected chi connectivity index (χ4v) is 4.85. The zero-order chi connectivity index (χ0) is 20.1. The number of aromatic nitrogens is 5. The van der Waals surface area contributed by atoms with Gasteiger partial charge in [-0.2, -0.15) is 5.21 Å². The van der Waals surface area contributed by atoms with Gasteiger partial charge in [-0.1, -0.05) is 44.2 Å². The third-order valence-electron chi connectivity index (χ3n) is 6.43. The van der Waals surface area contributed by atoms with E-state index in [4.69, 9.17) is 9.72 Å². The summed E-state index contributed by atoms with van der Waals surface area (Å²) in [5, 5.41) is 15.3. The van der Waals surface area contributed by atoms with Gasteiger partial charge in [0.05, 0.1) is 11.3 Å². The number of nitrogens with zero attached hydrogens (tertiary/aromatic N) is 4. The summed E-state index contributed by atoms with van der Waals surface area (Å²) < 4.78 is 6.24. The molecule has 0 unspecified atom stereocenters. The summed E-state index contributed by atoms with van der Waals surface area (Å²) in [6.07, 6.45) is 5.10. The van der Waals surface area contributed by atoms with Crippen LogP contribution in [0.2, 0.25) is 0 Å². The van der Waals surface area contributed by atoms with Gasteiger partial charge in [0.2, 0.25) is 5.82 Å². The maximum absolute atomic E-state index is 6.24. The molecule has 3 aromatic rings. The lowest BCUT2D eigenvalue weighted by atomic mass is 9.72. The van der Waals surface area contributed by atoms with E-state index in [2.05, 4.69) is 71.7 Å². The number of tetrazole rings is 1. The number of pyridine rings is 1. The standard InChI is InChI=1S/C23H27N5O/c1-22(2)12-10-17-16(14-22)18(15-8-5-4-6-9-15)19(21-25-27-28-26-21)20(24-17)23(3)11-7-13-29-23/h4-6,8-9H,7,10-14H2,1-3H3,(H,25,26,27,28)/t23-/m0/s1. The number of aryl methyl sites for hydroxylation is 1. The average molecular weight is 390 g/mol. The Hall–Kier alpha value is -2.60. The van der Waals surface area contributed by atoms with Gasteiger partial charge in [-0.3, -0.25) is 4.98 Å². The van der Waals surface area contributed by atoms with E-state index >= 15 is 0 Å². The number of hydrogen-bond acceptors (Lipinski definition) is 5. The zero-order valence-corrected chi connectivity index (χ0v) is 17.3. The smallest absolute Gasteiger partial charge is 0.207 e. The van der Waals surface area contributed by atoms with Crippen molar-refractivity contribution >= 4 is 0 Å². The van der Waals surface area contributed by atoms with Gasteiger partial charge in [0, 0.05) is 12.3 Å². The highest BCUT2D eigenvalue weighted by molar-refractivity contribution is 5.85. The molecule has 2 aromatic heterocycles. The van der Waals surface area contributed by atoms with Gasteiger partial charge in [0.15, 0.2) is 0 Å². The molecule has 0 saturated carbocycles. The Bertz CT molecular complexity index is 1020. The van der Waals surface area contributed by atoms with E-state index in [1.54, 1.807) is 0 Å². The average Bonchev–Trinajstić information content (AvgIpc) is 3.39. The second-order valence-electron chi connectivity index (χ2n) is 9.26. The van der Waals surface area contributed by atoms with Crippen molar-refractivity contribution in [3.63, 3.8) is 0 Å². The summed E-state index contributed by atoms with van der Waals surface area (Å²) >= 11 is 0. The van der Waals surface area contributed by atoms with Crippen LogP contribution in [0.1, 0.15) is 57.0 Å². The molecule has 0 bridgehead atoms. The van der Waals surface area contributed by atoms with Gasteiger partial charge in [-0.15, -0.1) is 10.2 Å². The van der Waals surface area contributed by atoms with E-state index in [-0.39, 0.29) is 5.41 Å². The second-order valence-corrected chi connectivity index (χ2v) is 9.26. The van der Waals surface area contributed by atoms with Gasteiger partial charge >= 0.3 is 0 Å². The lowest BCUT2D eigenvalue weighted by molar-refractivity contribution is 0.0135. The summed E-state index contributed by atoms with van der Waals surface area (Å²) in [4.78, 5) is 5.23. The van der Waals surface area contributed by atoms with Crippen LogP contribution in [-0.4, -0.2) is 32.2 Å². The van der Waals surface area contributed by atoms with E-state index in [1.165, 1.54) is 22.4 Å². The minimum atomic E-state index is -0.429. The summed E-state index contributed by atoms with van der Waals surface area (Å²) in [6.45, 7) is 7.59. The number of rotatable bonds is 3. The second kappa shape index (κ2) is 6.73. The summed E-state index contributed by atoms with van der Waals surface area (Å²) in [6, 6.07) is 10.6. The van der Waals surface area contributed by atoms with Crippen molar-refractivity contribution in [1.82, 2.24) is 25.6 Å². The van der Waals surface area contributed by atoms with Gasteiger partial charge < -0.3 is 4.74 Å². The Kier molecular flexibility index (Phi) is 4.28. The number of H-pyrrole nitrogens is 1. The molecule has 1 saturated heterocycles. The van der Waals surface area contributed by atoms with E-state index in [0.717, 1.165) is 50.0 Å². The maximum atomic E-state index is 6.24. The third kappa shape index (κ3) is 3.15. The molecule has 1 atom stereocenters. The Morgan fingerprint density at radius 1 is 1.03 bits per heavy atom. The predicted octanol–water partition coefficient (Wildman–Crippen LogP) is 4.47. The number of hydrogen-bond donors (Lipinski definition) is 1. The van der Waals surface area contributed by atoms with E-state index < -0.39 is 5.60 Å². The lowest BCUT2D eigenvalue weighted by Crippen LogP contribution is -2.29. The zero-order valence-electron chi connectivity index (χ0n) is 17.3. The topological polar surface area (TPSA) is 76.6 Å². The molecule has 5 rings (SSSR count). The maximum Gasteiger partial charge on any atom is 0.207 e. The Morgan fingerprint density at radius 2 is 1.86 bits per heavy atom. The Balaban J connectivity index is 1.87. The van der Waals surface area contributed by atoms with Gasteiger partial charge in [0.1, 0.15) is 5.60 Å². The highest BCUT2D eigenvalue weighted by Gasteiger charge is 2.40. The van der Waals surface area contributed by atoms with Gasteiger partial charge in [0.25, 0.3) is 0 Å². The molecular formula is C23H27N5O. The Labute approximate surface area is 171 Å². The van der Waals surface area contributed by atoms with Crippen LogP contribution in [0.4, 0.5) is 0 Å². The molecule has 1 aromatic carbocycles. The largest absolute Gasteiger partial charge is 0.369 e. The molecule has 0 radical (unpaired) electrons. The van der Waals surface area contributed by atoms with Crippen LogP contribution in [0, 0.1) is 5.41 Å². The van der Waals surface area contributed by atoms with Crippen molar-refractivity contribution in [2.75, 3.05) is 6.61 Å².